The molecular formula is C29H28F6N2O3. The molecule has 3 aromatic rings. The number of ether oxygens (including phenoxy) is 2. The van der Waals surface area contributed by atoms with Crippen molar-refractivity contribution < 1.29 is 40.6 Å². The van der Waals surface area contributed by atoms with Crippen LogP contribution in [0.25, 0.3) is 0 Å². The molecular weight excluding hydrogens is 538 g/mol. The summed E-state index contributed by atoms with van der Waals surface area (Å²) in [5.74, 6) is -0.679. The van der Waals surface area contributed by atoms with E-state index in [0.29, 0.717) is 30.1 Å². The molecule has 0 aliphatic carbocycles. The fraction of sp³-hybridized carbons (Fsp3) is 0.345. The van der Waals surface area contributed by atoms with E-state index < -0.39 is 29.6 Å². The standard InChI is InChI=1S/C29H28F6N2O3/c1-20-13-14-37(18-20)26(38)36-19-27(17-21-7-3-2-4-8-21,22-9-5-11-24(15-22)39-28(30,31)32)23-10-6-12-25(16-23)40-29(33,34)35/h2-12,15-16,20H,13-14,17-19H2,1H3,(H,36,38)/t20-/m1/s1. The largest absolute Gasteiger partial charge is 0.573 e. The molecule has 0 saturated carbocycles. The van der Waals surface area contributed by atoms with Crippen molar-refractivity contribution in [3.8, 4) is 11.5 Å². The topological polar surface area (TPSA) is 50.8 Å². The highest BCUT2D eigenvalue weighted by Gasteiger charge is 2.39. The average molecular weight is 567 g/mol. The molecule has 1 aliphatic rings. The number of hydrogen-bond acceptors (Lipinski definition) is 3. The molecule has 11 heteroatoms. The Balaban J connectivity index is 1.84. The van der Waals surface area contributed by atoms with Crippen molar-refractivity contribution in [1.82, 2.24) is 10.2 Å². The van der Waals surface area contributed by atoms with Gasteiger partial charge in [-0.3, -0.25) is 0 Å². The maximum absolute atomic E-state index is 13.1. The van der Waals surface area contributed by atoms with Crippen molar-refractivity contribution in [1.29, 1.82) is 0 Å². The van der Waals surface area contributed by atoms with E-state index in [1.165, 1.54) is 24.3 Å². The highest BCUT2D eigenvalue weighted by molar-refractivity contribution is 5.75. The summed E-state index contributed by atoms with van der Waals surface area (Å²) >= 11 is 0. The number of nitrogens with one attached hydrogen (secondary N) is 1. The average Bonchev–Trinajstić information content (AvgIpc) is 3.31. The van der Waals surface area contributed by atoms with E-state index in [1.807, 2.05) is 6.92 Å². The third-order valence-corrected chi connectivity index (χ3v) is 6.84. The molecule has 1 heterocycles. The number of alkyl halides is 6. The number of carbonyl (C=O) groups is 1. The first-order valence-electron chi connectivity index (χ1n) is 12.6. The Morgan fingerprint density at radius 1 is 0.850 bits per heavy atom. The highest BCUT2D eigenvalue weighted by Crippen LogP contribution is 2.40. The minimum absolute atomic E-state index is 0.128. The van der Waals surface area contributed by atoms with E-state index in [0.717, 1.165) is 24.1 Å². The highest BCUT2D eigenvalue weighted by atomic mass is 19.4. The zero-order valence-electron chi connectivity index (χ0n) is 21.6. The molecule has 1 saturated heterocycles. The van der Waals surface area contributed by atoms with E-state index in [1.54, 1.807) is 47.4 Å². The van der Waals surface area contributed by atoms with Gasteiger partial charge in [0, 0.05) is 25.0 Å². The molecule has 4 rings (SSSR count). The first-order chi connectivity index (χ1) is 18.8. The van der Waals surface area contributed by atoms with E-state index in [4.69, 9.17) is 0 Å². The molecule has 2 amide bonds. The number of halogens is 6. The minimum Gasteiger partial charge on any atom is -0.406 e. The van der Waals surface area contributed by atoms with Crippen LogP contribution >= 0.6 is 0 Å². The van der Waals surface area contributed by atoms with Crippen molar-refractivity contribution in [2.45, 2.75) is 37.9 Å². The number of rotatable bonds is 8. The lowest BCUT2D eigenvalue weighted by Crippen LogP contribution is -2.47. The molecule has 0 radical (unpaired) electrons. The predicted octanol–water partition coefficient (Wildman–Crippen LogP) is 7.06. The van der Waals surface area contributed by atoms with Crippen molar-refractivity contribution >= 4 is 6.03 Å². The summed E-state index contributed by atoms with van der Waals surface area (Å²) in [5.41, 5.74) is 0.0451. The fourth-order valence-corrected chi connectivity index (χ4v) is 5.02. The Kier molecular flexibility index (Phi) is 8.51. The second kappa shape index (κ2) is 11.7. The van der Waals surface area contributed by atoms with Crippen LogP contribution < -0.4 is 14.8 Å². The molecule has 0 bridgehead atoms. The van der Waals surface area contributed by atoms with Gasteiger partial charge in [-0.25, -0.2) is 4.79 Å². The molecule has 1 aliphatic heterocycles. The summed E-state index contributed by atoms with van der Waals surface area (Å²) in [5, 5.41) is 2.90. The van der Waals surface area contributed by atoms with Gasteiger partial charge < -0.3 is 19.7 Å². The minimum atomic E-state index is -4.96. The van der Waals surface area contributed by atoms with Gasteiger partial charge in [-0.05, 0) is 59.7 Å². The normalized spacial score (nSPS) is 16.1. The lowest BCUT2D eigenvalue weighted by atomic mass is 9.70. The van der Waals surface area contributed by atoms with Crippen LogP contribution in [0.2, 0.25) is 0 Å². The van der Waals surface area contributed by atoms with Gasteiger partial charge in [0.1, 0.15) is 11.5 Å². The van der Waals surface area contributed by atoms with Gasteiger partial charge in [0.25, 0.3) is 0 Å². The summed E-state index contributed by atoms with van der Waals surface area (Å²) in [4.78, 5) is 14.8. The molecule has 0 unspecified atom stereocenters. The zero-order chi connectivity index (χ0) is 29.0. The lowest BCUT2D eigenvalue weighted by Gasteiger charge is -2.37. The van der Waals surface area contributed by atoms with Crippen molar-refractivity contribution in [3.05, 3.63) is 95.6 Å². The van der Waals surface area contributed by atoms with Gasteiger partial charge in [-0.2, -0.15) is 0 Å². The van der Waals surface area contributed by atoms with Gasteiger partial charge in [0.05, 0.1) is 0 Å². The van der Waals surface area contributed by atoms with Crippen LogP contribution in [-0.2, 0) is 11.8 Å². The van der Waals surface area contributed by atoms with E-state index in [9.17, 15) is 31.1 Å². The SMILES string of the molecule is C[C@@H]1CCN(C(=O)NCC(Cc2ccccc2)(c2cccc(OC(F)(F)F)c2)c2cccc(OC(F)(F)F)c2)C1. The molecule has 0 aromatic heterocycles. The van der Waals surface area contributed by atoms with Gasteiger partial charge in [0.2, 0.25) is 0 Å². The Hall–Kier alpha value is -3.89. The van der Waals surface area contributed by atoms with Crippen LogP contribution in [0, 0.1) is 5.92 Å². The zero-order valence-corrected chi connectivity index (χ0v) is 21.6. The number of benzene rings is 3. The second-order valence-electron chi connectivity index (χ2n) is 9.89. The number of urea groups is 1. The van der Waals surface area contributed by atoms with Crippen LogP contribution in [0.15, 0.2) is 78.9 Å². The van der Waals surface area contributed by atoms with Gasteiger partial charge >= 0.3 is 18.8 Å². The molecule has 5 nitrogen and oxygen atoms in total. The predicted molar refractivity (Wildman–Crippen MR) is 136 cm³/mol. The quantitative estimate of drug-likeness (QED) is 0.297. The number of amides is 2. The van der Waals surface area contributed by atoms with Crippen molar-refractivity contribution in [2.75, 3.05) is 19.6 Å². The summed E-state index contributed by atoms with van der Waals surface area (Å²) in [6.45, 7) is 2.98. The third-order valence-electron chi connectivity index (χ3n) is 6.84. The summed E-state index contributed by atoms with van der Waals surface area (Å²) < 4.78 is 86.9. The molecule has 0 spiro atoms. The first-order valence-corrected chi connectivity index (χ1v) is 12.6. The van der Waals surface area contributed by atoms with E-state index in [-0.39, 0.29) is 19.0 Å². The Morgan fingerprint density at radius 2 is 1.40 bits per heavy atom. The monoisotopic (exact) mass is 566 g/mol. The van der Waals surface area contributed by atoms with Gasteiger partial charge in [0.15, 0.2) is 0 Å². The molecule has 40 heavy (non-hydrogen) atoms. The van der Waals surface area contributed by atoms with E-state index >= 15 is 0 Å². The third kappa shape index (κ3) is 7.61. The molecule has 1 fully saturated rings. The van der Waals surface area contributed by atoms with Crippen LogP contribution in [-0.4, -0.2) is 43.3 Å². The smallest absolute Gasteiger partial charge is 0.406 e. The molecule has 214 valence electrons. The number of likely N-dealkylation sites (tertiary alicyclic amines) is 1. The molecule has 1 N–H and O–H groups in total. The van der Waals surface area contributed by atoms with Crippen LogP contribution in [0.3, 0.4) is 0 Å². The van der Waals surface area contributed by atoms with Gasteiger partial charge in [-0.15, -0.1) is 26.3 Å². The number of hydrogen-bond donors (Lipinski definition) is 1. The Labute approximate surface area is 227 Å². The summed E-state index contributed by atoms with van der Waals surface area (Å²) in [6.07, 6.45) is -8.95. The Morgan fingerprint density at radius 3 is 1.88 bits per heavy atom. The number of carbonyl (C=O) groups excluding carboxylic acids is 1. The first kappa shape index (κ1) is 29.1. The van der Waals surface area contributed by atoms with Gasteiger partial charge in [-0.1, -0.05) is 61.5 Å². The summed E-state index contributed by atoms with van der Waals surface area (Å²) in [6, 6.07) is 19.1. The fourth-order valence-electron chi connectivity index (χ4n) is 5.02. The second-order valence-corrected chi connectivity index (χ2v) is 9.89. The molecule has 1 atom stereocenters. The van der Waals surface area contributed by atoms with Crippen LogP contribution in [0.5, 0.6) is 11.5 Å². The van der Waals surface area contributed by atoms with Crippen molar-refractivity contribution in [3.63, 3.8) is 0 Å². The van der Waals surface area contributed by atoms with Crippen LogP contribution in [0.1, 0.15) is 30.0 Å². The van der Waals surface area contributed by atoms with E-state index in [2.05, 4.69) is 14.8 Å². The van der Waals surface area contributed by atoms with Crippen molar-refractivity contribution in [2.24, 2.45) is 5.92 Å². The maximum Gasteiger partial charge on any atom is 0.573 e. The molecule has 3 aromatic carbocycles. The Bertz CT molecular complexity index is 1240. The summed E-state index contributed by atoms with van der Waals surface area (Å²) in [7, 11) is 0. The van der Waals surface area contributed by atoms with Crippen LogP contribution in [0.4, 0.5) is 31.1 Å². The lowest BCUT2D eigenvalue weighted by molar-refractivity contribution is -0.275. The number of nitrogens with zero attached hydrogens (tertiary/aromatic N) is 1. The maximum atomic E-state index is 13.1.